The van der Waals surface area contributed by atoms with Crippen LogP contribution in [0.4, 0.5) is 10.5 Å². The van der Waals surface area contributed by atoms with Crippen molar-refractivity contribution in [2.75, 3.05) is 12.4 Å². The van der Waals surface area contributed by atoms with Gasteiger partial charge in [-0.3, -0.25) is 0 Å². The maximum absolute atomic E-state index is 12.2. The molecule has 2 unspecified atom stereocenters. The number of carbonyl (C=O) groups is 2. The number of nitrogens with zero attached hydrogens (tertiary/aromatic N) is 2. The van der Waals surface area contributed by atoms with Crippen molar-refractivity contribution in [1.82, 2.24) is 9.88 Å². The van der Waals surface area contributed by atoms with Crippen LogP contribution in [0.2, 0.25) is 0 Å². The number of hydrogen-bond donors (Lipinski definition) is 2. The van der Waals surface area contributed by atoms with Crippen LogP contribution in [0.3, 0.4) is 0 Å². The maximum atomic E-state index is 12.2. The molecule has 0 bridgehead atoms. The number of nitrogens with one attached hydrogen (secondary N) is 1. The van der Waals surface area contributed by atoms with Crippen LogP contribution in [0, 0.1) is 5.92 Å². The zero-order chi connectivity index (χ0) is 15.4. The number of anilines is 1. The monoisotopic (exact) mass is 291 g/mol. The minimum Gasteiger partial charge on any atom is -0.477 e. The highest BCUT2D eigenvalue weighted by Crippen LogP contribution is 2.27. The zero-order valence-electron chi connectivity index (χ0n) is 12.4. The Morgan fingerprint density at radius 1 is 1.33 bits per heavy atom. The number of carboxylic acids is 1. The SMILES string of the molecule is CC1CCCCC1N(C)C(=O)Nc1ccc(C(=O)O)nc1. The molecule has 2 rings (SSSR count). The van der Waals surface area contributed by atoms with E-state index in [2.05, 4.69) is 17.2 Å². The van der Waals surface area contributed by atoms with Gasteiger partial charge in [-0.2, -0.15) is 0 Å². The molecular weight excluding hydrogens is 270 g/mol. The van der Waals surface area contributed by atoms with E-state index in [-0.39, 0.29) is 17.8 Å². The van der Waals surface area contributed by atoms with Crippen molar-refractivity contribution >= 4 is 17.7 Å². The quantitative estimate of drug-likeness (QED) is 0.897. The summed E-state index contributed by atoms with van der Waals surface area (Å²) in [5, 5.41) is 11.5. The number of amides is 2. The summed E-state index contributed by atoms with van der Waals surface area (Å²) in [5.74, 6) is -0.581. The molecule has 2 atom stereocenters. The van der Waals surface area contributed by atoms with E-state index in [1.165, 1.54) is 18.7 Å². The molecule has 1 heterocycles. The van der Waals surface area contributed by atoms with E-state index in [0.717, 1.165) is 19.3 Å². The lowest BCUT2D eigenvalue weighted by Gasteiger charge is -2.36. The van der Waals surface area contributed by atoms with Crippen LogP contribution in [0.5, 0.6) is 0 Å². The minimum atomic E-state index is -1.08. The van der Waals surface area contributed by atoms with Crippen LogP contribution in [-0.2, 0) is 0 Å². The maximum Gasteiger partial charge on any atom is 0.354 e. The first-order valence-electron chi connectivity index (χ1n) is 7.22. The molecular formula is C15H21N3O3. The molecule has 1 aromatic heterocycles. The lowest BCUT2D eigenvalue weighted by atomic mass is 9.85. The van der Waals surface area contributed by atoms with E-state index in [1.807, 2.05) is 0 Å². The van der Waals surface area contributed by atoms with Gasteiger partial charge in [0.15, 0.2) is 0 Å². The second-order valence-electron chi connectivity index (χ2n) is 5.61. The third kappa shape index (κ3) is 3.71. The van der Waals surface area contributed by atoms with Crippen molar-refractivity contribution in [2.24, 2.45) is 5.92 Å². The molecule has 2 amide bonds. The Kier molecular flexibility index (Phi) is 4.77. The Morgan fingerprint density at radius 2 is 2.05 bits per heavy atom. The molecule has 6 heteroatoms. The van der Waals surface area contributed by atoms with E-state index in [0.29, 0.717) is 11.6 Å². The first-order valence-corrected chi connectivity index (χ1v) is 7.22. The van der Waals surface area contributed by atoms with Crippen molar-refractivity contribution in [3.63, 3.8) is 0 Å². The summed E-state index contributed by atoms with van der Waals surface area (Å²) in [4.78, 5) is 28.5. The predicted molar refractivity (Wildman–Crippen MR) is 79.4 cm³/mol. The molecule has 6 nitrogen and oxygen atoms in total. The number of aromatic carboxylic acids is 1. The summed E-state index contributed by atoms with van der Waals surface area (Å²) >= 11 is 0. The Labute approximate surface area is 124 Å². The topological polar surface area (TPSA) is 82.5 Å². The van der Waals surface area contributed by atoms with Gasteiger partial charge in [-0.05, 0) is 30.9 Å². The average Bonchev–Trinajstić information content (AvgIpc) is 2.47. The summed E-state index contributed by atoms with van der Waals surface area (Å²) in [7, 11) is 1.81. The molecule has 0 aliphatic heterocycles. The van der Waals surface area contributed by atoms with E-state index in [1.54, 1.807) is 18.0 Å². The van der Waals surface area contributed by atoms with Gasteiger partial charge in [0, 0.05) is 13.1 Å². The van der Waals surface area contributed by atoms with Crippen LogP contribution in [-0.4, -0.2) is 40.1 Å². The van der Waals surface area contributed by atoms with Crippen molar-refractivity contribution in [3.8, 4) is 0 Å². The highest BCUT2D eigenvalue weighted by molar-refractivity contribution is 5.90. The number of pyridine rings is 1. The van der Waals surface area contributed by atoms with E-state index >= 15 is 0 Å². The fourth-order valence-electron chi connectivity index (χ4n) is 2.83. The third-order valence-electron chi connectivity index (χ3n) is 4.12. The van der Waals surface area contributed by atoms with Crippen LogP contribution in [0.1, 0.15) is 43.1 Å². The number of carbonyl (C=O) groups excluding carboxylic acids is 1. The van der Waals surface area contributed by atoms with Gasteiger partial charge < -0.3 is 15.3 Å². The first-order chi connectivity index (χ1) is 9.99. The minimum absolute atomic E-state index is 0.0396. The fourth-order valence-corrected chi connectivity index (χ4v) is 2.83. The lowest BCUT2D eigenvalue weighted by Crippen LogP contribution is -2.44. The highest BCUT2D eigenvalue weighted by atomic mass is 16.4. The number of rotatable bonds is 3. The molecule has 0 aromatic carbocycles. The molecule has 114 valence electrons. The second kappa shape index (κ2) is 6.56. The second-order valence-corrected chi connectivity index (χ2v) is 5.61. The van der Waals surface area contributed by atoms with Crippen molar-refractivity contribution in [2.45, 2.75) is 38.6 Å². The van der Waals surface area contributed by atoms with Crippen LogP contribution in [0.25, 0.3) is 0 Å². The summed E-state index contributed by atoms with van der Waals surface area (Å²) in [6, 6.07) is 3.00. The van der Waals surface area contributed by atoms with Crippen LogP contribution < -0.4 is 5.32 Å². The van der Waals surface area contributed by atoms with Crippen molar-refractivity contribution in [3.05, 3.63) is 24.0 Å². The fraction of sp³-hybridized carbons (Fsp3) is 0.533. The third-order valence-corrected chi connectivity index (χ3v) is 4.12. The summed E-state index contributed by atoms with van der Waals surface area (Å²) < 4.78 is 0. The summed E-state index contributed by atoms with van der Waals surface area (Å²) in [6.07, 6.45) is 5.92. The van der Waals surface area contributed by atoms with E-state index in [4.69, 9.17) is 5.11 Å². The molecule has 0 saturated heterocycles. The van der Waals surface area contributed by atoms with Gasteiger partial charge in [-0.1, -0.05) is 19.8 Å². The number of hydrogen-bond acceptors (Lipinski definition) is 3. The molecule has 1 aliphatic rings. The van der Waals surface area contributed by atoms with Gasteiger partial charge in [0.05, 0.1) is 11.9 Å². The molecule has 1 saturated carbocycles. The molecule has 1 aliphatic carbocycles. The Hall–Kier alpha value is -2.11. The molecule has 1 fully saturated rings. The molecule has 0 radical (unpaired) electrons. The Balaban J connectivity index is 1.98. The molecule has 1 aromatic rings. The van der Waals surface area contributed by atoms with Gasteiger partial charge in [-0.25, -0.2) is 14.6 Å². The number of carboxylic acid groups (broad SMARTS) is 1. The highest BCUT2D eigenvalue weighted by Gasteiger charge is 2.27. The number of urea groups is 1. The van der Waals surface area contributed by atoms with Crippen LogP contribution >= 0.6 is 0 Å². The molecule has 0 spiro atoms. The number of aromatic nitrogens is 1. The van der Waals surface area contributed by atoms with Gasteiger partial charge in [-0.15, -0.1) is 0 Å². The van der Waals surface area contributed by atoms with E-state index in [9.17, 15) is 9.59 Å². The van der Waals surface area contributed by atoms with Gasteiger partial charge in [0.1, 0.15) is 5.69 Å². The zero-order valence-corrected chi connectivity index (χ0v) is 12.4. The lowest BCUT2D eigenvalue weighted by molar-refractivity contribution is 0.0690. The first kappa shape index (κ1) is 15.3. The summed E-state index contributed by atoms with van der Waals surface area (Å²) in [6.45, 7) is 2.18. The Bertz CT molecular complexity index is 515. The van der Waals surface area contributed by atoms with Crippen LogP contribution in [0.15, 0.2) is 18.3 Å². The van der Waals surface area contributed by atoms with Gasteiger partial charge in [0.25, 0.3) is 0 Å². The molecule has 21 heavy (non-hydrogen) atoms. The predicted octanol–water partition coefficient (Wildman–Crippen LogP) is 2.82. The van der Waals surface area contributed by atoms with E-state index < -0.39 is 5.97 Å². The van der Waals surface area contributed by atoms with Gasteiger partial charge >= 0.3 is 12.0 Å². The average molecular weight is 291 g/mol. The smallest absolute Gasteiger partial charge is 0.354 e. The summed E-state index contributed by atoms with van der Waals surface area (Å²) in [5.41, 5.74) is 0.461. The Morgan fingerprint density at radius 3 is 2.62 bits per heavy atom. The van der Waals surface area contributed by atoms with Crippen molar-refractivity contribution < 1.29 is 14.7 Å². The standard InChI is InChI=1S/C15H21N3O3/c1-10-5-3-4-6-13(10)18(2)15(21)17-11-7-8-12(14(19)20)16-9-11/h7-10,13H,3-6H2,1-2H3,(H,17,21)(H,19,20). The molecule has 2 N–H and O–H groups in total. The normalized spacial score (nSPS) is 21.6. The van der Waals surface area contributed by atoms with Crippen molar-refractivity contribution in [1.29, 1.82) is 0 Å². The van der Waals surface area contributed by atoms with Gasteiger partial charge in [0.2, 0.25) is 0 Å². The largest absolute Gasteiger partial charge is 0.477 e.